The summed E-state index contributed by atoms with van der Waals surface area (Å²) in [5, 5.41) is 2.74. The van der Waals surface area contributed by atoms with Gasteiger partial charge in [-0.2, -0.15) is 0 Å². The van der Waals surface area contributed by atoms with Crippen LogP contribution < -0.4 is 19.1 Å². The van der Waals surface area contributed by atoms with Gasteiger partial charge in [0.15, 0.2) is 0 Å². The standard InChI is InChI=1S/C27H29N3O6S/c1-35-20-13-15-21(16-14-20)37(33,34)30(24-11-5-6-12-25(24)36-2)19-26(31)28-23-10-4-3-9-22(23)27(32)29-17-7-8-18-29/h3-6,9-16H,7-8,17-19H2,1-2H3,(H,28,31). The Morgan fingerprint density at radius 1 is 0.892 bits per heavy atom. The van der Waals surface area contributed by atoms with E-state index in [0.717, 1.165) is 17.1 Å². The number of nitrogens with zero attached hydrogens (tertiary/aromatic N) is 2. The van der Waals surface area contributed by atoms with E-state index in [1.54, 1.807) is 53.4 Å². The van der Waals surface area contributed by atoms with Crippen LogP contribution in [-0.2, 0) is 14.8 Å². The number of carbonyl (C=O) groups is 2. The van der Waals surface area contributed by atoms with Crippen molar-refractivity contribution in [3.05, 3.63) is 78.4 Å². The molecule has 1 N–H and O–H groups in total. The summed E-state index contributed by atoms with van der Waals surface area (Å²) in [6.07, 6.45) is 1.88. The number of hydrogen-bond acceptors (Lipinski definition) is 6. The lowest BCUT2D eigenvalue weighted by atomic mass is 10.1. The van der Waals surface area contributed by atoms with Gasteiger partial charge in [-0.05, 0) is 61.4 Å². The highest BCUT2D eigenvalue weighted by Crippen LogP contribution is 2.33. The number of nitrogens with one attached hydrogen (secondary N) is 1. The highest BCUT2D eigenvalue weighted by Gasteiger charge is 2.30. The summed E-state index contributed by atoms with van der Waals surface area (Å²) in [4.78, 5) is 28.0. The summed E-state index contributed by atoms with van der Waals surface area (Å²) in [5.74, 6) is 0.0160. The van der Waals surface area contributed by atoms with Crippen LogP contribution in [0, 0.1) is 0 Å². The first kappa shape index (κ1) is 26.0. The fourth-order valence-corrected chi connectivity index (χ4v) is 5.63. The molecular formula is C27H29N3O6S. The first-order valence-corrected chi connectivity index (χ1v) is 13.3. The number of para-hydroxylation sites is 3. The van der Waals surface area contributed by atoms with E-state index in [2.05, 4.69) is 5.32 Å². The summed E-state index contributed by atoms with van der Waals surface area (Å²) >= 11 is 0. The molecule has 1 aliphatic heterocycles. The second-order valence-electron chi connectivity index (χ2n) is 8.45. The van der Waals surface area contributed by atoms with Crippen LogP contribution in [0.4, 0.5) is 11.4 Å². The Bertz CT molecular complexity index is 1370. The number of hydrogen-bond donors (Lipinski definition) is 1. The predicted molar refractivity (Wildman–Crippen MR) is 141 cm³/mol. The van der Waals surface area contributed by atoms with Gasteiger partial charge < -0.3 is 19.7 Å². The van der Waals surface area contributed by atoms with E-state index >= 15 is 0 Å². The van der Waals surface area contributed by atoms with E-state index in [0.29, 0.717) is 30.1 Å². The molecule has 0 unspecified atom stereocenters. The molecule has 1 heterocycles. The lowest BCUT2D eigenvalue weighted by Crippen LogP contribution is -2.38. The number of amides is 2. The Balaban J connectivity index is 1.65. The maximum Gasteiger partial charge on any atom is 0.264 e. The highest BCUT2D eigenvalue weighted by molar-refractivity contribution is 7.92. The van der Waals surface area contributed by atoms with Gasteiger partial charge in [0, 0.05) is 13.1 Å². The van der Waals surface area contributed by atoms with Crippen LogP contribution in [0.15, 0.2) is 77.7 Å². The normalized spacial score (nSPS) is 13.2. The van der Waals surface area contributed by atoms with E-state index in [9.17, 15) is 18.0 Å². The Labute approximate surface area is 216 Å². The van der Waals surface area contributed by atoms with Gasteiger partial charge in [-0.3, -0.25) is 13.9 Å². The molecule has 2 amide bonds. The summed E-state index contributed by atoms with van der Waals surface area (Å²) in [7, 11) is -1.26. The van der Waals surface area contributed by atoms with E-state index < -0.39 is 22.5 Å². The van der Waals surface area contributed by atoms with Gasteiger partial charge in [0.1, 0.15) is 18.0 Å². The third-order valence-electron chi connectivity index (χ3n) is 6.11. The summed E-state index contributed by atoms with van der Waals surface area (Å²) < 4.78 is 39.0. The molecule has 0 spiro atoms. The quantitative estimate of drug-likeness (QED) is 0.458. The Hall–Kier alpha value is -4.05. The van der Waals surface area contributed by atoms with Crippen LogP contribution in [0.25, 0.3) is 0 Å². The van der Waals surface area contributed by atoms with Gasteiger partial charge in [0.05, 0.1) is 36.1 Å². The molecule has 0 radical (unpaired) electrons. The van der Waals surface area contributed by atoms with Crippen molar-refractivity contribution >= 4 is 33.2 Å². The van der Waals surface area contributed by atoms with E-state index in [-0.39, 0.29) is 22.2 Å². The minimum Gasteiger partial charge on any atom is -0.497 e. The molecule has 0 saturated carbocycles. The molecule has 0 bridgehead atoms. The number of methoxy groups -OCH3 is 2. The first-order chi connectivity index (χ1) is 17.8. The number of carbonyl (C=O) groups excluding carboxylic acids is 2. The minimum atomic E-state index is -4.18. The van der Waals surface area contributed by atoms with Crippen molar-refractivity contribution in [2.45, 2.75) is 17.7 Å². The van der Waals surface area contributed by atoms with Gasteiger partial charge >= 0.3 is 0 Å². The number of ether oxygens (including phenoxy) is 2. The van der Waals surface area contributed by atoms with Crippen molar-refractivity contribution in [2.75, 3.05) is 43.5 Å². The number of rotatable bonds is 9. The molecular weight excluding hydrogens is 494 g/mol. The maximum absolute atomic E-state index is 13.7. The monoisotopic (exact) mass is 523 g/mol. The third kappa shape index (κ3) is 5.69. The molecule has 1 fully saturated rings. The predicted octanol–water partition coefficient (Wildman–Crippen LogP) is 3.77. The van der Waals surface area contributed by atoms with Crippen molar-refractivity contribution in [1.82, 2.24) is 4.90 Å². The van der Waals surface area contributed by atoms with Gasteiger partial charge in [-0.1, -0.05) is 24.3 Å². The van der Waals surface area contributed by atoms with Crippen LogP contribution in [0.1, 0.15) is 23.2 Å². The zero-order chi connectivity index (χ0) is 26.4. The fraction of sp³-hybridized carbons (Fsp3) is 0.259. The molecule has 0 aliphatic carbocycles. The second-order valence-corrected chi connectivity index (χ2v) is 10.3. The van der Waals surface area contributed by atoms with Crippen LogP contribution in [0.5, 0.6) is 11.5 Å². The average molecular weight is 524 g/mol. The van der Waals surface area contributed by atoms with Gasteiger partial charge in [0.2, 0.25) is 5.91 Å². The highest BCUT2D eigenvalue weighted by atomic mass is 32.2. The van der Waals surface area contributed by atoms with Crippen molar-refractivity contribution in [1.29, 1.82) is 0 Å². The smallest absolute Gasteiger partial charge is 0.264 e. The van der Waals surface area contributed by atoms with Crippen molar-refractivity contribution in [3.63, 3.8) is 0 Å². The molecule has 194 valence electrons. The molecule has 37 heavy (non-hydrogen) atoms. The topological polar surface area (TPSA) is 105 Å². The minimum absolute atomic E-state index is 0.0170. The lowest BCUT2D eigenvalue weighted by Gasteiger charge is -2.26. The SMILES string of the molecule is COc1ccc(S(=O)(=O)N(CC(=O)Nc2ccccc2C(=O)N2CCCC2)c2ccccc2OC)cc1. The van der Waals surface area contributed by atoms with Crippen molar-refractivity contribution in [3.8, 4) is 11.5 Å². The van der Waals surface area contributed by atoms with Crippen LogP contribution in [0.3, 0.4) is 0 Å². The average Bonchev–Trinajstić information content (AvgIpc) is 3.47. The maximum atomic E-state index is 13.7. The lowest BCUT2D eigenvalue weighted by molar-refractivity contribution is -0.114. The van der Waals surface area contributed by atoms with Gasteiger partial charge in [0.25, 0.3) is 15.9 Å². The van der Waals surface area contributed by atoms with Gasteiger partial charge in [-0.25, -0.2) is 8.42 Å². The summed E-state index contributed by atoms with van der Waals surface area (Å²) in [5.41, 5.74) is 0.892. The number of anilines is 2. The number of benzene rings is 3. The molecule has 10 heteroatoms. The molecule has 4 rings (SSSR count). The van der Waals surface area contributed by atoms with Gasteiger partial charge in [-0.15, -0.1) is 0 Å². The molecule has 1 aliphatic rings. The van der Waals surface area contributed by atoms with Crippen molar-refractivity contribution in [2.24, 2.45) is 0 Å². The zero-order valence-corrected chi connectivity index (χ0v) is 21.5. The summed E-state index contributed by atoms with van der Waals surface area (Å²) in [6, 6.07) is 19.2. The molecule has 0 atom stereocenters. The molecule has 0 aromatic heterocycles. The van der Waals surface area contributed by atoms with Crippen molar-refractivity contribution < 1.29 is 27.5 Å². The molecule has 3 aromatic rings. The van der Waals surface area contributed by atoms with E-state index in [1.165, 1.54) is 38.5 Å². The zero-order valence-electron chi connectivity index (χ0n) is 20.7. The largest absolute Gasteiger partial charge is 0.497 e. The number of likely N-dealkylation sites (tertiary alicyclic amines) is 1. The molecule has 9 nitrogen and oxygen atoms in total. The van der Waals surface area contributed by atoms with Crippen LogP contribution in [-0.4, -0.2) is 59.0 Å². The van der Waals surface area contributed by atoms with Crippen LogP contribution >= 0.6 is 0 Å². The first-order valence-electron chi connectivity index (χ1n) is 11.8. The molecule has 1 saturated heterocycles. The van der Waals surface area contributed by atoms with E-state index in [4.69, 9.17) is 9.47 Å². The Morgan fingerprint density at radius 3 is 2.22 bits per heavy atom. The molecule has 3 aromatic carbocycles. The second kappa shape index (κ2) is 11.3. The fourth-order valence-electron chi connectivity index (χ4n) is 4.20. The summed E-state index contributed by atoms with van der Waals surface area (Å²) in [6.45, 7) is 0.798. The van der Waals surface area contributed by atoms with E-state index in [1.807, 2.05) is 0 Å². The Morgan fingerprint density at radius 2 is 1.54 bits per heavy atom. The third-order valence-corrected chi connectivity index (χ3v) is 7.89. The Kier molecular flexibility index (Phi) is 7.98. The van der Waals surface area contributed by atoms with Crippen LogP contribution in [0.2, 0.25) is 0 Å². The number of sulfonamides is 1.